The molecule has 0 N–H and O–H groups in total. The summed E-state index contributed by atoms with van der Waals surface area (Å²) in [5.41, 5.74) is 0.942. The van der Waals surface area contributed by atoms with Crippen molar-refractivity contribution in [3.8, 4) is 0 Å². The average molecular weight is 265 g/mol. The molecule has 1 aromatic rings. The van der Waals surface area contributed by atoms with Crippen LogP contribution >= 0.6 is 0 Å². The molecule has 2 heterocycles. The molecule has 0 atom stereocenters. The molecule has 106 valence electrons. The quantitative estimate of drug-likeness (QED) is 0.814. The molecule has 0 saturated carbocycles. The van der Waals surface area contributed by atoms with Gasteiger partial charge in [-0.05, 0) is 11.0 Å². The van der Waals surface area contributed by atoms with E-state index in [1.807, 2.05) is 6.20 Å². The van der Waals surface area contributed by atoms with Gasteiger partial charge in [0.2, 0.25) is 0 Å². The van der Waals surface area contributed by atoms with Crippen molar-refractivity contribution in [1.29, 1.82) is 0 Å². The number of nitrogens with zero attached hydrogens (tertiary/aromatic N) is 3. The summed E-state index contributed by atoms with van der Waals surface area (Å²) in [6.07, 6.45) is 3.63. The maximum Gasteiger partial charge on any atom is 0.347 e. The average Bonchev–Trinajstić information content (AvgIpc) is 2.37. The van der Waals surface area contributed by atoms with Gasteiger partial charge < -0.3 is 4.74 Å². The number of ether oxygens (including phenoxy) is 1. The van der Waals surface area contributed by atoms with Gasteiger partial charge in [-0.2, -0.15) is 0 Å². The van der Waals surface area contributed by atoms with Gasteiger partial charge in [0.1, 0.15) is 0 Å². The highest BCUT2D eigenvalue weighted by Crippen LogP contribution is 2.19. The van der Waals surface area contributed by atoms with Crippen LogP contribution in [0.3, 0.4) is 0 Å². The zero-order chi connectivity index (χ0) is 13.9. The summed E-state index contributed by atoms with van der Waals surface area (Å²) in [5.74, 6) is 0. The molecule has 1 saturated heterocycles. The van der Waals surface area contributed by atoms with Crippen molar-refractivity contribution >= 4 is 0 Å². The van der Waals surface area contributed by atoms with Gasteiger partial charge in [-0.3, -0.25) is 9.47 Å². The van der Waals surface area contributed by atoms with Crippen LogP contribution in [0.1, 0.15) is 26.3 Å². The van der Waals surface area contributed by atoms with Crippen LogP contribution in [0.5, 0.6) is 0 Å². The maximum absolute atomic E-state index is 11.8. The summed E-state index contributed by atoms with van der Waals surface area (Å²) in [6.45, 7) is 11.4. The second-order valence-electron chi connectivity index (χ2n) is 6.02. The number of morpholine rings is 1. The lowest BCUT2D eigenvalue weighted by Crippen LogP contribution is -2.39. The molecular weight excluding hydrogens is 242 g/mol. The third-order valence-electron chi connectivity index (χ3n) is 3.48. The van der Waals surface area contributed by atoms with E-state index in [0.29, 0.717) is 6.54 Å². The SMILES string of the molecule is CC(C)(C)c1cnc(=O)n(CCN2CCOCC2)c1. The zero-order valence-corrected chi connectivity index (χ0v) is 12.1. The normalized spacial score (nSPS) is 17.6. The van der Waals surface area contributed by atoms with Crippen molar-refractivity contribution in [1.82, 2.24) is 14.5 Å². The van der Waals surface area contributed by atoms with Gasteiger partial charge in [0.05, 0.1) is 13.2 Å². The van der Waals surface area contributed by atoms with E-state index in [4.69, 9.17) is 4.74 Å². The molecule has 0 bridgehead atoms. The molecule has 0 radical (unpaired) electrons. The Morgan fingerprint density at radius 2 is 1.95 bits per heavy atom. The van der Waals surface area contributed by atoms with E-state index in [-0.39, 0.29) is 11.1 Å². The van der Waals surface area contributed by atoms with Crippen molar-refractivity contribution in [3.05, 3.63) is 28.4 Å². The van der Waals surface area contributed by atoms with Gasteiger partial charge >= 0.3 is 5.69 Å². The topological polar surface area (TPSA) is 47.4 Å². The fraction of sp³-hybridized carbons (Fsp3) is 0.714. The summed E-state index contributed by atoms with van der Waals surface area (Å²) in [4.78, 5) is 18.1. The molecule has 1 fully saturated rings. The minimum absolute atomic E-state index is 0.0153. The fourth-order valence-corrected chi connectivity index (χ4v) is 2.08. The third-order valence-corrected chi connectivity index (χ3v) is 3.48. The van der Waals surface area contributed by atoms with E-state index in [0.717, 1.165) is 38.4 Å². The lowest BCUT2D eigenvalue weighted by atomic mass is 9.89. The fourth-order valence-electron chi connectivity index (χ4n) is 2.08. The Morgan fingerprint density at radius 3 is 2.58 bits per heavy atom. The lowest BCUT2D eigenvalue weighted by Gasteiger charge is -2.27. The number of aromatic nitrogens is 2. The number of hydrogen-bond acceptors (Lipinski definition) is 4. The second-order valence-corrected chi connectivity index (χ2v) is 6.02. The number of hydrogen-bond donors (Lipinski definition) is 0. The summed E-state index contributed by atoms with van der Waals surface area (Å²) in [7, 11) is 0. The van der Waals surface area contributed by atoms with E-state index in [2.05, 4.69) is 30.7 Å². The molecule has 2 rings (SSSR count). The van der Waals surface area contributed by atoms with Crippen LogP contribution in [0.2, 0.25) is 0 Å². The Bertz CT molecular complexity index is 470. The highest BCUT2D eigenvalue weighted by molar-refractivity contribution is 5.14. The highest BCUT2D eigenvalue weighted by atomic mass is 16.5. The predicted molar refractivity (Wildman–Crippen MR) is 74.5 cm³/mol. The lowest BCUT2D eigenvalue weighted by molar-refractivity contribution is 0.0362. The Kier molecular flexibility index (Phi) is 4.37. The monoisotopic (exact) mass is 265 g/mol. The molecule has 0 unspecified atom stereocenters. The third kappa shape index (κ3) is 3.88. The summed E-state index contributed by atoms with van der Waals surface area (Å²) < 4.78 is 7.04. The van der Waals surface area contributed by atoms with Crippen LogP contribution in [0.25, 0.3) is 0 Å². The smallest absolute Gasteiger partial charge is 0.347 e. The first-order valence-electron chi connectivity index (χ1n) is 6.84. The van der Waals surface area contributed by atoms with Gasteiger partial charge in [0, 0.05) is 38.6 Å². The van der Waals surface area contributed by atoms with Crippen molar-refractivity contribution in [3.63, 3.8) is 0 Å². The molecule has 5 nitrogen and oxygen atoms in total. The molecule has 5 heteroatoms. The minimum atomic E-state index is -0.166. The first kappa shape index (κ1) is 14.2. The Morgan fingerprint density at radius 1 is 1.26 bits per heavy atom. The summed E-state index contributed by atoms with van der Waals surface area (Å²) >= 11 is 0. The van der Waals surface area contributed by atoms with Crippen LogP contribution < -0.4 is 5.69 Å². The minimum Gasteiger partial charge on any atom is -0.379 e. The van der Waals surface area contributed by atoms with Crippen LogP contribution in [0.4, 0.5) is 0 Å². The predicted octanol–water partition coefficient (Wildman–Crippen LogP) is 0.873. The zero-order valence-electron chi connectivity index (χ0n) is 12.1. The molecule has 0 spiro atoms. The van der Waals surface area contributed by atoms with Crippen molar-refractivity contribution < 1.29 is 4.74 Å². The largest absolute Gasteiger partial charge is 0.379 e. The van der Waals surface area contributed by atoms with Gasteiger partial charge in [0.15, 0.2) is 0 Å². The summed E-state index contributed by atoms with van der Waals surface area (Å²) in [5, 5.41) is 0. The van der Waals surface area contributed by atoms with Gasteiger partial charge in [-0.1, -0.05) is 20.8 Å². The van der Waals surface area contributed by atoms with Crippen LogP contribution in [0.15, 0.2) is 17.2 Å². The molecular formula is C14H23N3O2. The van der Waals surface area contributed by atoms with Crippen molar-refractivity contribution in [2.45, 2.75) is 32.7 Å². The summed E-state index contributed by atoms with van der Waals surface area (Å²) in [6, 6.07) is 0. The molecule has 0 aliphatic carbocycles. The molecule has 0 aromatic carbocycles. The van der Waals surface area contributed by atoms with Gasteiger partial charge in [-0.15, -0.1) is 0 Å². The highest BCUT2D eigenvalue weighted by Gasteiger charge is 2.16. The first-order chi connectivity index (χ1) is 8.97. The Hall–Kier alpha value is -1.20. The standard InChI is InChI=1S/C14H23N3O2/c1-14(2,3)12-10-15-13(18)17(11-12)5-4-16-6-8-19-9-7-16/h10-11H,4-9H2,1-3H3. The van der Waals surface area contributed by atoms with E-state index in [1.165, 1.54) is 0 Å². The molecule has 19 heavy (non-hydrogen) atoms. The van der Waals surface area contributed by atoms with E-state index in [9.17, 15) is 4.79 Å². The van der Waals surface area contributed by atoms with Crippen LogP contribution in [0, 0.1) is 0 Å². The van der Waals surface area contributed by atoms with E-state index in [1.54, 1.807) is 10.8 Å². The first-order valence-corrected chi connectivity index (χ1v) is 6.84. The Labute approximate surface area is 114 Å². The number of rotatable bonds is 3. The van der Waals surface area contributed by atoms with Gasteiger partial charge in [0.25, 0.3) is 0 Å². The van der Waals surface area contributed by atoms with Gasteiger partial charge in [-0.25, -0.2) is 9.78 Å². The molecule has 0 amide bonds. The molecule has 1 aliphatic rings. The van der Waals surface area contributed by atoms with Crippen molar-refractivity contribution in [2.75, 3.05) is 32.8 Å². The van der Waals surface area contributed by atoms with Crippen LogP contribution in [-0.2, 0) is 16.7 Å². The van der Waals surface area contributed by atoms with Crippen LogP contribution in [-0.4, -0.2) is 47.3 Å². The maximum atomic E-state index is 11.8. The molecule has 1 aliphatic heterocycles. The Balaban J connectivity index is 2.04. The second kappa shape index (κ2) is 5.84. The molecule has 1 aromatic heterocycles. The van der Waals surface area contributed by atoms with E-state index < -0.39 is 0 Å². The van der Waals surface area contributed by atoms with E-state index >= 15 is 0 Å². The van der Waals surface area contributed by atoms with Crippen molar-refractivity contribution in [2.24, 2.45) is 0 Å².